The molecule has 0 aliphatic carbocycles. The molecule has 1 unspecified atom stereocenters. The van der Waals surface area contributed by atoms with E-state index in [4.69, 9.17) is 19.5 Å². The summed E-state index contributed by atoms with van der Waals surface area (Å²) in [6.07, 6.45) is 1.78. The molecule has 2 aromatic heterocycles. The molecule has 0 fully saturated rings. The van der Waals surface area contributed by atoms with Crippen molar-refractivity contribution in [3.8, 4) is 11.6 Å². The maximum absolute atomic E-state index is 5.90. The van der Waals surface area contributed by atoms with Crippen molar-refractivity contribution < 1.29 is 13.8 Å². The average molecular weight is 252 g/mol. The van der Waals surface area contributed by atoms with Crippen LogP contribution in [0.25, 0.3) is 11.6 Å². The Labute approximate surface area is 104 Å². The number of hydrogen-bond acceptors (Lipinski definition) is 7. The first-order chi connectivity index (χ1) is 8.74. The number of nitrogens with two attached hydrogens (primary N) is 1. The highest BCUT2D eigenvalue weighted by atomic mass is 16.5. The number of methoxy groups -OCH3 is 1. The number of hydrogen-bond donors (Lipinski definition) is 1. The molecule has 0 aliphatic rings. The monoisotopic (exact) mass is 252 g/mol. The topological polar surface area (TPSA) is 100 Å². The van der Waals surface area contributed by atoms with Gasteiger partial charge in [0, 0.05) is 13.2 Å². The van der Waals surface area contributed by atoms with E-state index in [0.29, 0.717) is 29.8 Å². The molecule has 18 heavy (non-hydrogen) atoms. The van der Waals surface area contributed by atoms with Crippen molar-refractivity contribution >= 4 is 0 Å². The second-order valence-electron chi connectivity index (χ2n) is 3.96. The fourth-order valence-electron chi connectivity index (χ4n) is 1.55. The first kappa shape index (κ1) is 12.7. The first-order valence-corrected chi connectivity index (χ1v) is 5.78. The van der Waals surface area contributed by atoms with E-state index in [-0.39, 0.29) is 6.04 Å². The van der Waals surface area contributed by atoms with E-state index < -0.39 is 0 Å². The lowest BCUT2D eigenvalue weighted by Gasteiger charge is -2.02. The minimum atomic E-state index is -0.210. The summed E-state index contributed by atoms with van der Waals surface area (Å²) in [5.74, 6) is 1.40. The van der Waals surface area contributed by atoms with Gasteiger partial charge in [-0.15, -0.1) is 0 Å². The lowest BCUT2D eigenvalue weighted by molar-refractivity contribution is 0.156. The molecule has 7 nitrogen and oxygen atoms in total. The van der Waals surface area contributed by atoms with Crippen molar-refractivity contribution in [2.75, 3.05) is 7.11 Å². The van der Waals surface area contributed by atoms with E-state index in [2.05, 4.69) is 22.2 Å². The molecule has 98 valence electrons. The molecule has 2 heterocycles. The Morgan fingerprint density at radius 1 is 1.39 bits per heavy atom. The van der Waals surface area contributed by atoms with Crippen molar-refractivity contribution in [1.29, 1.82) is 0 Å². The molecule has 7 heteroatoms. The van der Waals surface area contributed by atoms with Gasteiger partial charge in [0.05, 0.1) is 6.04 Å². The Morgan fingerprint density at radius 2 is 2.22 bits per heavy atom. The molecular weight excluding hydrogens is 236 g/mol. The van der Waals surface area contributed by atoms with E-state index in [0.717, 1.165) is 12.8 Å². The second kappa shape index (κ2) is 5.74. The average Bonchev–Trinajstić information content (AvgIpc) is 2.97. The number of ether oxygens (including phenoxy) is 1. The molecule has 0 amide bonds. The van der Waals surface area contributed by atoms with Crippen LogP contribution in [0.5, 0.6) is 0 Å². The predicted molar refractivity (Wildman–Crippen MR) is 62.3 cm³/mol. The summed E-state index contributed by atoms with van der Waals surface area (Å²) in [5, 5.41) is 7.67. The van der Waals surface area contributed by atoms with E-state index in [9.17, 15) is 0 Å². The van der Waals surface area contributed by atoms with Crippen molar-refractivity contribution in [2.24, 2.45) is 5.73 Å². The second-order valence-corrected chi connectivity index (χ2v) is 3.96. The molecule has 1 atom stereocenters. The van der Waals surface area contributed by atoms with Gasteiger partial charge in [0.25, 0.3) is 5.89 Å². The summed E-state index contributed by atoms with van der Waals surface area (Å²) in [7, 11) is 1.58. The summed E-state index contributed by atoms with van der Waals surface area (Å²) < 4.78 is 15.1. The summed E-state index contributed by atoms with van der Waals surface area (Å²) in [5.41, 5.74) is 6.39. The number of nitrogens with zero attached hydrogens (tertiary/aromatic N) is 3. The summed E-state index contributed by atoms with van der Waals surface area (Å²) in [6, 6.07) is 1.49. The quantitative estimate of drug-likeness (QED) is 0.834. The Balaban J connectivity index is 2.13. The Kier molecular flexibility index (Phi) is 4.06. The van der Waals surface area contributed by atoms with E-state index >= 15 is 0 Å². The normalized spacial score (nSPS) is 12.8. The van der Waals surface area contributed by atoms with Crippen LogP contribution in [0.4, 0.5) is 0 Å². The number of rotatable bonds is 6. The Hall–Kier alpha value is -1.73. The predicted octanol–water partition coefficient (Wildman–Crippen LogP) is 1.67. The summed E-state index contributed by atoms with van der Waals surface area (Å²) in [4.78, 5) is 4.21. The van der Waals surface area contributed by atoms with Gasteiger partial charge in [-0.05, 0) is 6.42 Å². The zero-order valence-corrected chi connectivity index (χ0v) is 10.4. The molecule has 0 radical (unpaired) electrons. The molecule has 2 rings (SSSR count). The van der Waals surface area contributed by atoms with Gasteiger partial charge in [-0.25, -0.2) is 0 Å². The standard InChI is InChI=1S/C11H16N4O3/c1-3-4-8(12)10-13-11(18-15-10)9-5-7(6-16-2)17-14-9/h5,8H,3-4,6,12H2,1-2H3. The largest absolute Gasteiger partial charge is 0.377 e. The molecule has 0 aromatic carbocycles. The van der Waals surface area contributed by atoms with Crippen LogP contribution in [-0.4, -0.2) is 22.4 Å². The third kappa shape index (κ3) is 2.74. The lowest BCUT2D eigenvalue weighted by atomic mass is 10.2. The zero-order chi connectivity index (χ0) is 13.0. The summed E-state index contributed by atoms with van der Waals surface area (Å²) >= 11 is 0. The van der Waals surface area contributed by atoms with Gasteiger partial charge in [0.1, 0.15) is 6.61 Å². The van der Waals surface area contributed by atoms with Gasteiger partial charge in [0.15, 0.2) is 17.3 Å². The highest BCUT2D eigenvalue weighted by molar-refractivity contribution is 5.45. The van der Waals surface area contributed by atoms with E-state index in [1.807, 2.05) is 0 Å². The van der Waals surface area contributed by atoms with E-state index in [1.165, 1.54) is 0 Å². The van der Waals surface area contributed by atoms with Crippen molar-refractivity contribution in [3.05, 3.63) is 17.7 Å². The maximum Gasteiger partial charge on any atom is 0.280 e. The molecule has 0 saturated heterocycles. The van der Waals surface area contributed by atoms with Gasteiger partial charge in [-0.1, -0.05) is 23.7 Å². The Bertz CT molecular complexity index is 494. The highest BCUT2D eigenvalue weighted by Crippen LogP contribution is 2.20. The third-order valence-corrected chi connectivity index (χ3v) is 2.44. The lowest BCUT2D eigenvalue weighted by Crippen LogP contribution is -2.11. The van der Waals surface area contributed by atoms with Crippen LogP contribution >= 0.6 is 0 Å². The first-order valence-electron chi connectivity index (χ1n) is 5.78. The van der Waals surface area contributed by atoms with Crippen LogP contribution in [0.1, 0.15) is 37.4 Å². The third-order valence-electron chi connectivity index (χ3n) is 2.44. The molecular formula is C11H16N4O3. The van der Waals surface area contributed by atoms with Gasteiger partial charge < -0.3 is 19.5 Å². The van der Waals surface area contributed by atoms with Crippen LogP contribution in [0.2, 0.25) is 0 Å². The van der Waals surface area contributed by atoms with Crippen LogP contribution in [-0.2, 0) is 11.3 Å². The van der Waals surface area contributed by atoms with E-state index in [1.54, 1.807) is 13.2 Å². The fourth-order valence-corrected chi connectivity index (χ4v) is 1.55. The van der Waals surface area contributed by atoms with Gasteiger partial charge >= 0.3 is 0 Å². The van der Waals surface area contributed by atoms with Crippen LogP contribution < -0.4 is 5.73 Å². The molecule has 0 spiro atoms. The summed E-state index contributed by atoms with van der Waals surface area (Å²) in [6.45, 7) is 2.40. The number of aromatic nitrogens is 3. The molecule has 0 saturated carbocycles. The van der Waals surface area contributed by atoms with Crippen LogP contribution in [0, 0.1) is 0 Å². The minimum absolute atomic E-state index is 0.210. The zero-order valence-electron chi connectivity index (χ0n) is 10.4. The highest BCUT2D eigenvalue weighted by Gasteiger charge is 2.17. The smallest absolute Gasteiger partial charge is 0.280 e. The minimum Gasteiger partial charge on any atom is -0.377 e. The van der Waals surface area contributed by atoms with Crippen molar-refractivity contribution in [2.45, 2.75) is 32.4 Å². The molecule has 2 N–H and O–H groups in total. The Morgan fingerprint density at radius 3 is 2.94 bits per heavy atom. The molecule has 0 aliphatic heterocycles. The fraction of sp³-hybridized carbons (Fsp3) is 0.545. The van der Waals surface area contributed by atoms with Crippen LogP contribution in [0.3, 0.4) is 0 Å². The maximum atomic E-state index is 5.90. The van der Waals surface area contributed by atoms with Gasteiger partial charge in [-0.2, -0.15) is 4.98 Å². The van der Waals surface area contributed by atoms with Gasteiger partial charge in [-0.3, -0.25) is 0 Å². The molecule has 0 bridgehead atoms. The molecule has 2 aromatic rings. The van der Waals surface area contributed by atoms with Crippen molar-refractivity contribution in [3.63, 3.8) is 0 Å². The van der Waals surface area contributed by atoms with Crippen LogP contribution in [0.15, 0.2) is 15.1 Å². The van der Waals surface area contributed by atoms with Gasteiger partial charge in [0.2, 0.25) is 0 Å². The SMILES string of the molecule is CCCC(N)c1noc(-c2cc(COC)on2)n1. The van der Waals surface area contributed by atoms with Crippen molar-refractivity contribution in [1.82, 2.24) is 15.3 Å².